The topological polar surface area (TPSA) is 69.6 Å². The SMILES string of the molecule is CCCC/C=C/C(O)C(CO)NC(=O)CCCCCCCCCCCCCCCCCCCCCCCCC/C=C\CCCCCCCCCC. The molecule has 51 heavy (non-hydrogen) atoms. The highest BCUT2D eigenvalue weighted by molar-refractivity contribution is 5.76. The van der Waals surface area contributed by atoms with Crippen LogP contribution >= 0.6 is 0 Å². The Balaban J connectivity index is 3.28. The monoisotopic (exact) mass is 718 g/mol. The van der Waals surface area contributed by atoms with Crippen LogP contribution in [0.25, 0.3) is 0 Å². The highest BCUT2D eigenvalue weighted by Gasteiger charge is 2.17. The summed E-state index contributed by atoms with van der Waals surface area (Å²) >= 11 is 0. The van der Waals surface area contributed by atoms with E-state index < -0.39 is 12.1 Å². The number of amides is 1. The molecule has 302 valence electrons. The van der Waals surface area contributed by atoms with E-state index in [-0.39, 0.29) is 12.5 Å². The first-order valence-electron chi connectivity index (χ1n) is 23.1. The third kappa shape index (κ3) is 39.9. The van der Waals surface area contributed by atoms with Crippen molar-refractivity contribution in [2.45, 2.75) is 264 Å². The van der Waals surface area contributed by atoms with Crippen LogP contribution in [0.1, 0.15) is 251 Å². The molecule has 0 aromatic carbocycles. The molecule has 0 aromatic rings. The van der Waals surface area contributed by atoms with Crippen molar-refractivity contribution in [3.05, 3.63) is 24.3 Å². The summed E-state index contributed by atoms with van der Waals surface area (Å²) in [5, 5.41) is 22.5. The second-order valence-electron chi connectivity index (χ2n) is 15.8. The number of nitrogens with one attached hydrogen (secondary N) is 1. The fraction of sp³-hybridized carbons (Fsp3) is 0.894. The van der Waals surface area contributed by atoms with Crippen LogP contribution in [-0.2, 0) is 4.79 Å². The number of aliphatic hydroxyl groups excluding tert-OH is 2. The summed E-state index contributed by atoms with van der Waals surface area (Å²) in [5.74, 6) is -0.0698. The lowest BCUT2D eigenvalue weighted by molar-refractivity contribution is -0.123. The first kappa shape index (κ1) is 49.9. The second-order valence-corrected chi connectivity index (χ2v) is 15.8. The van der Waals surface area contributed by atoms with E-state index in [1.165, 1.54) is 199 Å². The summed E-state index contributed by atoms with van der Waals surface area (Å²) in [6, 6.07) is -0.614. The van der Waals surface area contributed by atoms with Crippen LogP contribution in [-0.4, -0.2) is 34.9 Å². The van der Waals surface area contributed by atoms with E-state index in [0.29, 0.717) is 6.42 Å². The number of rotatable bonds is 42. The Bertz CT molecular complexity index is 735. The third-order valence-corrected chi connectivity index (χ3v) is 10.7. The van der Waals surface area contributed by atoms with Crippen molar-refractivity contribution in [2.24, 2.45) is 0 Å². The van der Waals surface area contributed by atoms with Gasteiger partial charge in [-0.05, 0) is 38.5 Å². The predicted molar refractivity (Wildman–Crippen MR) is 225 cm³/mol. The minimum atomic E-state index is -0.831. The molecular formula is C47H91NO3. The third-order valence-electron chi connectivity index (χ3n) is 10.7. The van der Waals surface area contributed by atoms with Gasteiger partial charge in [-0.2, -0.15) is 0 Å². The zero-order chi connectivity index (χ0) is 37.1. The molecule has 0 saturated carbocycles. The average Bonchev–Trinajstić information content (AvgIpc) is 3.13. The average molecular weight is 718 g/mol. The summed E-state index contributed by atoms with van der Waals surface area (Å²) in [6.45, 7) is 4.18. The van der Waals surface area contributed by atoms with Crippen molar-refractivity contribution in [2.75, 3.05) is 6.61 Å². The number of hydrogen-bond donors (Lipinski definition) is 3. The Morgan fingerprint density at radius 2 is 0.765 bits per heavy atom. The van der Waals surface area contributed by atoms with E-state index in [0.717, 1.165) is 32.1 Å². The van der Waals surface area contributed by atoms with Crippen LogP contribution in [0.15, 0.2) is 24.3 Å². The van der Waals surface area contributed by atoms with Crippen LogP contribution in [0.4, 0.5) is 0 Å². The number of carbonyl (C=O) groups is 1. The van der Waals surface area contributed by atoms with E-state index in [1.54, 1.807) is 6.08 Å². The van der Waals surface area contributed by atoms with Crippen molar-refractivity contribution >= 4 is 5.91 Å². The van der Waals surface area contributed by atoms with Crippen LogP contribution in [0.3, 0.4) is 0 Å². The van der Waals surface area contributed by atoms with Gasteiger partial charge in [0.2, 0.25) is 5.91 Å². The van der Waals surface area contributed by atoms with E-state index in [2.05, 4.69) is 31.3 Å². The van der Waals surface area contributed by atoms with Gasteiger partial charge in [-0.25, -0.2) is 0 Å². The van der Waals surface area contributed by atoms with Gasteiger partial charge in [0.25, 0.3) is 0 Å². The van der Waals surface area contributed by atoms with Crippen molar-refractivity contribution in [1.29, 1.82) is 0 Å². The molecule has 0 aliphatic heterocycles. The van der Waals surface area contributed by atoms with Crippen molar-refractivity contribution < 1.29 is 15.0 Å². The van der Waals surface area contributed by atoms with Gasteiger partial charge in [-0.3, -0.25) is 4.79 Å². The molecule has 4 nitrogen and oxygen atoms in total. The highest BCUT2D eigenvalue weighted by Crippen LogP contribution is 2.16. The molecule has 2 atom stereocenters. The number of hydrogen-bond acceptors (Lipinski definition) is 3. The van der Waals surface area contributed by atoms with Gasteiger partial charge in [-0.15, -0.1) is 0 Å². The van der Waals surface area contributed by atoms with Crippen LogP contribution in [0.2, 0.25) is 0 Å². The number of carbonyl (C=O) groups excluding carboxylic acids is 1. The molecule has 4 heteroatoms. The molecule has 0 aromatic heterocycles. The smallest absolute Gasteiger partial charge is 0.220 e. The Morgan fingerprint density at radius 1 is 0.451 bits per heavy atom. The molecular weight excluding hydrogens is 627 g/mol. The maximum absolute atomic E-state index is 12.2. The molecule has 0 heterocycles. The quantitative estimate of drug-likeness (QED) is 0.0435. The van der Waals surface area contributed by atoms with E-state index in [4.69, 9.17) is 0 Å². The summed E-state index contributed by atoms with van der Waals surface area (Å²) in [6.07, 6.45) is 56.6. The van der Waals surface area contributed by atoms with Crippen LogP contribution in [0, 0.1) is 0 Å². The molecule has 0 aliphatic rings. The lowest BCUT2D eigenvalue weighted by Crippen LogP contribution is -2.45. The van der Waals surface area contributed by atoms with Gasteiger partial charge in [0.1, 0.15) is 0 Å². The first-order valence-corrected chi connectivity index (χ1v) is 23.1. The standard InChI is InChI=1S/C47H91NO3/c1-3-5-7-9-10-11-12-13-14-15-16-17-18-19-20-21-22-23-24-25-26-27-28-29-30-31-32-33-34-35-36-37-38-39-41-43-47(51)48-45(44-49)46(50)42-40-8-6-4-2/h15-16,40,42,45-46,49-50H,3-14,17-39,41,43-44H2,1-2H3,(H,48,51)/b16-15-,42-40+. The number of allylic oxidation sites excluding steroid dienone is 3. The summed E-state index contributed by atoms with van der Waals surface area (Å²) in [4.78, 5) is 12.2. The number of aliphatic hydroxyl groups is 2. The molecule has 0 fully saturated rings. The van der Waals surface area contributed by atoms with Crippen molar-refractivity contribution in [1.82, 2.24) is 5.32 Å². The summed E-state index contributed by atoms with van der Waals surface area (Å²) < 4.78 is 0. The molecule has 0 radical (unpaired) electrons. The fourth-order valence-corrected chi connectivity index (χ4v) is 7.10. The molecule has 3 N–H and O–H groups in total. The second kappa shape index (κ2) is 43.3. The molecule has 2 unspecified atom stereocenters. The molecule has 0 rings (SSSR count). The molecule has 0 bridgehead atoms. The lowest BCUT2D eigenvalue weighted by Gasteiger charge is -2.19. The van der Waals surface area contributed by atoms with E-state index in [9.17, 15) is 15.0 Å². The normalized spacial score (nSPS) is 13.1. The Hall–Kier alpha value is -1.13. The number of unbranched alkanes of at least 4 members (excludes halogenated alkanes) is 33. The lowest BCUT2D eigenvalue weighted by atomic mass is 10.0. The van der Waals surface area contributed by atoms with E-state index >= 15 is 0 Å². The van der Waals surface area contributed by atoms with Gasteiger partial charge >= 0.3 is 0 Å². The molecule has 0 spiro atoms. The van der Waals surface area contributed by atoms with Crippen LogP contribution < -0.4 is 5.32 Å². The summed E-state index contributed by atoms with van der Waals surface area (Å²) in [7, 11) is 0. The minimum absolute atomic E-state index is 0.0698. The van der Waals surface area contributed by atoms with Crippen molar-refractivity contribution in [3.8, 4) is 0 Å². The maximum Gasteiger partial charge on any atom is 0.220 e. The van der Waals surface area contributed by atoms with Crippen molar-refractivity contribution in [3.63, 3.8) is 0 Å². The molecule has 0 saturated heterocycles. The van der Waals surface area contributed by atoms with Crippen LogP contribution in [0.5, 0.6) is 0 Å². The van der Waals surface area contributed by atoms with Gasteiger partial charge in [-0.1, -0.05) is 231 Å². The Labute approximate surface area is 319 Å². The molecule has 0 aliphatic carbocycles. The maximum atomic E-state index is 12.2. The molecule has 1 amide bonds. The Kier molecular flexibility index (Phi) is 42.3. The van der Waals surface area contributed by atoms with Gasteiger partial charge in [0.05, 0.1) is 18.8 Å². The zero-order valence-electron chi connectivity index (χ0n) is 34.6. The Morgan fingerprint density at radius 3 is 1.12 bits per heavy atom. The van der Waals surface area contributed by atoms with Gasteiger partial charge in [0.15, 0.2) is 0 Å². The minimum Gasteiger partial charge on any atom is -0.394 e. The van der Waals surface area contributed by atoms with E-state index in [1.807, 2.05) is 6.08 Å². The van der Waals surface area contributed by atoms with Gasteiger partial charge < -0.3 is 15.5 Å². The first-order chi connectivity index (χ1) is 25.2. The fourth-order valence-electron chi connectivity index (χ4n) is 7.10. The predicted octanol–water partition coefficient (Wildman–Crippen LogP) is 14.4. The largest absolute Gasteiger partial charge is 0.394 e. The highest BCUT2D eigenvalue weighted by atomic mass is 16.3. The van der Waals surface area contributed by atoms with Gasteiger partial charge in [0, 0.05) is 6.42 Å². The zero-order valence-corrected chi connectivity index (χ0v) is 34.6. The summed E-state index contributed by atoms with van der Waals surface area (Å²) in [5.41, 5.74) is 0.